The summed E-state index contributed by atoms with van der Waals surface area (Å²) < 4.78 is 1.65. The molecule has 152 valence electrons. The Labute approximate surface area is 181 Å². The second-order valence-corrected chi connectivity index (χ2v) is 7.87. The first-order valence-corrected chi connectivity index (χ1v) is 10.7. The normalized spacial score (nSPS) is 12.0. The van der Waals surface area contributed by atoms with Crippen molar-refractivity contribution >= 4 is 34.9 Å². The van der Waals surface area contributed by atoms with Crippen molar-refractivity contribution in [1.82, 2.24) is 9.78 Å². The average Bonchev–Trinajstić information content (AvgIpc) is 3.14. The number of nitrogens with zero attached hydrogens (tertiary/aromatic N) is 2. The number of halogens is 2. The maximum absolute atomic E-state index is 12.9. The van der Waals surface area contributed by atoms with Crippen molar-refractivity contribution in [1.29, 1.82) is 0 Å². The number of nitrogens with one attached hydrogen (secondary N) is 1. The Hall–Kier alpha value is -2.30. The highest BCUT2D eigenvalue weighted by molar-refractivity contribution is 6.34. The summed E-state index contributed by atoms with van der Waals surface area (Å²) in [6, 6.07) is 16.9. The monoisotopic (exact) mass is 429 g/mol. The lowest BCUT2D eigenvalue weighted by atomic mass is 9.98. The summed E-state index contributed by atoms with van der Waals surface area (Å²) in [6.07, 6.45) is 3.76. The molecule has 2 aromatic carbocycles. The predicted molar refractivity (Wildman–Crippen MR) is 121 cm³/mol. The Morgan fingerprint density at radius 1 is 1.10 bits per heavy atom. The van der Waals surface area contributed by atoms with Crippen LogP contribution in [0.3, 0.4) is 0 Å². The molecule has 0 aliphatic heterocycles. The van der Waals surface area contributed by atoms with E-state index in [1.54, 1.807) is 22.9 Å². The largest absolute Gasteiger partial charge is 0.310 e. The number of rotatable bonds is 8. The Morgan fingerprint density at radius 2 is 1.86 bits per heavy atom. The van der Waals surface area contributed by atoms with Crippen LogP contribution in [0.25, 0.3) is 16.9 Å². The number of hydrogen-bond donors (Lipinski definition) is 1. The lowest BCUT2D eigenvalue weighted by Crippen LogP contribution is -2.23. The molecule has 1 atom stereocenters. The second-order valence-electron chi connectivity index (χ2n) is 7.03. The third kappa shape index (κ3) is 5.20. The summed E-state index contributed by atoms with van der Waals surface area (Å²) in [6.45, 7) is 4.17. The molecule has 0 unspecified atom stereocenters. The number of aromatic nitrogens is 2. The van der Waals surface area contributed by atoms with Crippen LogP contribution < -0.4 is 5.32 Å². The van der Waals surface area contributed by atoms with E-state index in [9.17, 15) is 4.79 Å². The molecule has 1 heterocycles. The van der Waals surface area contributed by atoms with Crippen LogP contribution in [0.4, 0.5) is 5.82 Å². The summed E-state index contributed by atoms with van der Waals surface area (Å²) in [5.74, 6) is 0.543. The van der Waals surface area contributed by atoms with Gasteiger partial charge in [-0.15, -0.1) is 0 Å². The molecule has 4 nitrogen and oxygen atoms in total. The summed E-state index contributed by atoms with van der Waals surface area (Å²) in [5.41, 5.74) is 2.33. The van der Waals surface area contributed by atoms with Crippen molar-refractivity contribution in [2.24, 2.45) is 5.92 Å². The van der Waals surface area contributed by atoms with Gasteiger partial charge in [0.05, 0.1) is 16.4 Å². The van der Waals surface area contributed by atoms with E-state index in [-0.39, 0.29) is 11.8 Å². The maximum atomic E-state index is 12.9. The van der Waals surface area contributed by atoms with Crippen molar-refractivity contribution < 1.29 is 4.79 Å². The minimum absolute atomic E-state index is 0.000128. The van der Waals surface area contributed by atoms with Gasteiger partial charge in [0.25, 0.3) is 0 Å². The van der Waals surface area contributed by atoms with Gasteiger partial charge in [-0.3, -0.25) is 4.79 Å². The number of unbranched alkanes of at least 4 members (excludes halogenated alkanes) is 1. The fourth-order valence-electron chi connectivity index (χ4n) is 3.25. The van der Waals surface area contributed by atoms with Gasteiger partial charge < -0.3 is 5.32 Å². The van der Waals surface area contributed by atoms with Crippen molar-refractivity contribution in [2.75, 3.05) is 5.32 Å². The molecule has 3 aromatic rings. The van der Waals surface area contributed by atoms with Gasteiger partial charge in [-0.05, 0) is 31.0 Å². The van der Waals surface area contributed by atoms with Crippen LogP contribution in [-0.4, -0.2) is 15.7 Å². The lowest BCUT2D eigenvalue weighted by molar-refractivity contribution is -0.120. The van der Waals surface area contributed by atoms with E-state index >= 15 is 0 Å². The van der Waals surface area contributed by atoms with Crippen LogP contribution in [0.2, 0.25) is 10.0 Å². The summed E-state index contributed by atoms with van der Waals surface area (Å²) in [7, 11) is 0. The zero-order chi connectivity index (χ0) is 20.8. The summed E-state index contributed by atoms with van der Waals surface area (Å²) >= 11 is 12.6. The van der Waals surface area contributed by atoms with Gasteiger partial charge in [0, 0.05) is 22.6 Å². The van der Waals surface area contributed by atoms with Crippen molar-refractivity contribution in [2.45, 2.75) is 39.5 Å². The molecule has 1 aromatic heterocycles. The second kappa shape index (κ2) is 9.95. The topological polar surface area (TPSA) is 46.9 Å². The van der Waals surface area contributed by atoms with E-state index in [1.165, 1.54) is 0 Å². The molecule has 0 bridgehead atoms. The van der Waals surface area contributed by atoms with Crippen LogP contribution in [0.5, 0.6) is 0 Å². The molecule has 29 heavy (non-hydrogen) atoms. The van der Waals surface area contributed by atoms with E-state index in [2.05, 4.69) is 12.2 Å². The number of carbonyl (C=O) groups excluding carboxylic acids is 1. The van der Waals surface area contributed by atoms with Gasteiger partial charge >= 0.3 is 0 Å². The SMILES string of the molecule is CCCC[C@@H](CC)C(=O)Nc1cc(-c2ccccc2)nn1-c1cc(Cl)ccc1Cl. The van der Waals surface area contributed by atoms with Gasteiger partial charge in [0.1, 0.15) is 5.82 Å². The molecule has 0 aliphatic rings. The average molecular weight is 430 g/mol. The molecule has 1 amide bonds. The van der Waals surface area contributed by atoms with E-state index in [0.29, 0.717) is 21.6 Å². The Morgan fingerprint density at radius 3 is 2.55 bits per heavy atom. The number of anilines is 1. The van der Waals surface area contributed by atoms with Crippen LogP contribution in [0.1, 0.15) is 39.5 Å². The molecule has 6 heteroatoms. The number of benzene rings is 2. The molecule has 0 saturated heterocycles. The first-order valence-electron chi connectivity index (χ1n) is 9.95. The van der Waals surface area contributed by atoms with Crippen molar-refractivity contribution in [3.63, 3.8) is 0 Å². The van der Waals surface area contributed by atoms with E-state index in [0.717, 1.165) is 36.9 Å². The van der Waals surface area contributed by atoms with Gasteiger partial charge in [0.15, 0.2) is 0 Å². The Balaban J connectivity index is 2.01. The molecule has 0 aliphatic carbocycles. The molecular weight excluding hydrogens is 405 g/mol. The standard InChI is InChI=1S/C23H25Cl2N3O/c1-3-5-9-16(4-2)23(29)26-22-15-20(17-10-7-6-8-11-17)27-28(22)21-14-18(24)12-13-19(21)25/h6-8,10-16H,3-5,9H2,1-2H3,(H,26,29)/t16-/m1/s1. The lowest BCUT2D eigenvalue weighted by Gasteiger charge is -2.16. The van der Waals surface area contributed by atoms with Crippen LogP contribution >= 0.6 is 23.2 Å². The predicted octanol–water partition coefficient (Wildman–Crippen LogP) is 7.00. The number of carbonyl (C=O) groups is 1. The maximum Gasteiger partial charge on any atom is 0.228 e. The van der Waals surface area contributed by atoms with Crippen molar-refractivity contribution in [3.05, 3.63) is 64.6 Å². The minimum Gasteiger partial charge on any atom is -0.310 e. The van der Waals surface area contributed by atoms with Gasteiger partial charge in [-0.1, -0.05) is 80.2 Å². The molecule has 3 rings (SSSR count). The highest BCUT2D eigenvalue weighted by Gasteiger charge is 2.20. The molecule has 0 spiro atoms. The van der Waals surface area contributed by atoms with Crippen LogP contribution in [0.15, 0.2) is 54.6 Å². The van der Waals surface area contributed by atoms with E-state index in [4.69, 9.17) is 28.3 Å². The van der Waals surface area contributed by atoms with Crippen molar-refractivity contribution in [3.8, 4) is 16.9 Å². The number of hydrogen-bond acceptors (Lipinski definition) is 2. The fraction of sp³-hybridized carbons (Fsp3) is 0.304. The van der Waals surface area contributed by atoms with E-state index in [1.807, 2.05) is 43.3 Å². The molecule has 0 radical (unpaired) electrons. The minimum atomic E-state index is -0.0340. The van der Waals surface area contributed by atoms with Gasteiger partial charge in [-0.25, -0.2) is 4.68 Å². The highest BCUT2D eigenvalue weighted by Crippen LogP contribution is 2.30. The zero-order valence-corrected chi connectivity index (χ0v) is 18.2. The Kier molecular flexibility index (Phi) is 7.34. The zero-order valence-electron chi connectivity index (χ0n) is 16.7. The molecule has 0 saturated carbocycles. The number of amides is 1. The third-order valence-electron chi connectivity index (χ3n) is 4.94. The van der Waals surface area contributed by atoms with Crippen LogP contribution in [0, 0.1) is 5.92 Å². The summed E-state index contributed by atoms with van der Waals surface area (Å²) in [4.78, 5) is 12.9. The highest BCUT2D eigenvalue weighted by atomic mass is 35.5. The fourth-order valence-corrected chi connectivity index (χ4v) is 3.62. The first-order chi connectivity index (χ1) is 14.0. The molecule has 0 fully saturated rings. The summed E-state index contributed by atoms with van der Waals surface area (Å²) in [5, 5.41) is 8.83. The van der Waals surface area contributed by atoms with Gasteiger partial charge in [0.2, 0.25) is 5.91 Å². The van der Waals surface area contributed by atoms with Gasteiger partial charge in [-0.2, -0.15) is 5.10 Å². The van der Waals surface area contributed by atoms with Crippen LogP contribution in [-0.2, 0) is 4.79 Å². The first kappa shape index (κ1) is 21.4. The smallest absolute Gasteiger partial charge is 0.228 e. The Bertz CT molecular complexity index is 970. The molecular formula is C23H25Cl2N3O. The molecule has 1 N–H and O–H groups in total. The van der Waals surface area contributed by atoms with E-state index < -0.39 is 0 Å². The quantitative estimate of drug-likeness (QED) is 0.418. The third-order valence-corrected chi connectivity index (χ3v) is 5.49.